The zero-order valence-corrected chi connectivity index (χ0v) is 13.2. The van der Waals surface area contributed by atoms with Gasteiger partial charge < -0.3 is 18.9 Å². The summed E-state index contributed by atoms with van der Waals surface area (Å²) in [6, 6.07) is 12.8. The molecule has 23 heavy (non-hydrogen) atoms. The number of benzene rings is 2. The first-order chi connectivity index (χ1) is 11.2. The molecule has 5 nitrogen and oxygen atoms in total. The average Bonchev–Trinajstić information content (AvgIpc) is 2.61. The minimum atomic E-state index is -0.746. The van der Waals surface area contributed by atoms with Crippen LogP contribution in [0.4, 0.5) is 0 Å². The van der Waals surface area contributed by atoms with E-state index in [0.717, 1.165) is 5.56 Å². The molecule has 3 rings (SSSR count). The predicted molar refractivity (Wildman–Crippen MR) is 84.1 cm³/mol. The molecule has 1 heterocycles. The van der Waals surface area contributed by atoms with Crippen LogP contribution in [0.3, 0.4) is 0 Å². The number of fused-ring (bicyclic) bond motifs is 1. The maximum atomic E-state index is 12.8. The van der Waals surface area contributed by atoms with E-state index >= 15 is 0 Å². The molecule has 0 saturated carbocycles. The van der Waals surface area contributed by atoms with Crippen molar-refractivity contribution in [3.63, 3.8) is 0 Å². The van der Waals surface area contributed by atoms with E-state index in [4.69, 9.17) is 18.9 Å². The molecule has 0 saturated heterocycles. The van der Waals surface area contributed by atoms with Crippen LogP contribution in [0.2, 0.25) is 0 Å². The minimum absolute atomic E-state index is 0.158. The van der Waals surface area contributed by atoms with Gasteiger partial charge in [-0.15, -0.1) is 0 Å². The van der Waals surface area contributed by atoms with Crippen LogP contribution in [-0.2, 0) is 9.53 Å². The predicted octanol–water partition coefficient (Wildman–Crippen LogP) is 3.09. The number of carbonyl (C=O) groups is 1. The number of hydrogen-bond donors (Lipinski definition) is 0. The van der Waals surface area contributed by atoms with Crippen molar-refractivity contribution in [2.24, 2.45) is 0 Å². The van der Waals surface area contributed by atoms with E-state index in [9.17, 15) is 4.79 Å². The molecule has 120 valence electrons. The lowest BCUT2D eigenvalue weighted by Gasteiger charge is -2.31. The highest BCUT2D eigenvalue weighted by molar-refractivity contribution is 5.92. The molecule has 0 amide bonds. The van der Waals surface area contributed by atoms with Gasteiger partial charge in [-0.25, -0.2) is 0 Å². The van der Waals surface area contributed by atoms with E-state index in [1.54, 1.807) is 19.2 Å². The van der Waals surface area contributed by atoms with Gasteiger partial charge in [-0.2, -0.15) is 0 Å². The van der Waals surface area contributed by atoms with Crippen molar-refractivity contribution < 1.29 is 23.7 Å². The molecule has 2 unspecified atom stereocenters. The Kier molecular flexibility index (Phi) is 4.21. The van der Waals surface area contributed by atoms with Crippen molar-refractivity contribution >= 4 is 5.78 Å². The van der Waals surface area contributed by atoms with Crippen molar-refractivity contribution in [1.82, 2.24) is 0 Å². The topological polar surface area (TPSA) is 54.0 Å². The molecule has 0 fully saturated rings. The number of Topliss-reactive ketones (excluding diaryl/α,β-unsaturated/α-hetero) is 1. The Morgan fingerprint density at radius 1 is 1.00 bits per heavy atom. The number of hydrogen-bond acceptors (Lipinski definition) is 5. The average molecular weight is 314 g/mol. The van der Waals surface area contributed by atoms with E-state index in [1.165, 1.54) is 14.2 Å². The summed E-state index contributed by atoms with van der Waals surface area (Å²) in [6.07, 6.45) is -1.46. The van der Waals surface area contributed by atoms with Crippen molar-refractivity contribution in [2.45, 2.75) is 12.2 Å². The lowest BCUT2D eigenvalue weighted by Crippen LogP contribution is -2.31. The molecule has 5 heteroatoms. The molecule has 0 aromatic heterocycles. The highest BCUT2D eigenvalue weighted by atomic mass is 16.5. The Labute approximate surface area is 134 Å². The van der Waals surface area contributed by atoms with Gasteiger partial charge in [0, 0.05) is 19.2 Å². The lowest BCUT2D eigenvalue weighted by molar-refractivity contribution is -0.139. The second-order valence-electron chi connectivity index (χ2n) is 5.17. The maximum Gasteiger partial charge on any atom is 0.211 e. The summed E-state index contributed by atoms with van der Waals surface area (Å²) in [5.74, 6) is 1.47. The maximum absolute atomic E-state index is 12.8. The summed E-state index contributed by atoms with van der Waals surface area (Å²) in [7, 11) is 4.61. The van der Waals surface area contributed by atoms with Gasteiger partial charge in [0.25, 0.3) is 0 Å². The normalized spacial score (nSPS) is 19.7. The Balaban J connectivity index is 2.12. The zero-order valence-electron chi connectivity index (χ0n) is 13.2. The number of ether oxygens (including phenoxy) is 4. The van der Waals surface area contributed by atoms with Gasteiger partial charge in [0.05, 0.1) is 19.8 Å². The van der Waals surface area contributed by atoms with Gasteiger partial charge in [0.15, 0.2) is 12.2 Å². The van der Waals surface area contributed by atoms with Crippen LogP contribution in [0, 0.1) is 0 Å². The summed E-state index contributed by atoms with van der Waals surface area (Å²) >= 11 is 0. The van der Waals surface area contributed by atoms with E-state index in [-0.39, 0.29) is 5.78 Å². The molecule has 2 atom stereocenters. The first-order valence-electron chi connectivity index (χ1n) is 7.23. The van der Waals surface area contributed by atoms with Crippen molar-refractivity contribution in [1.29, 1.82) is 0 Å². The quantitative estimate of drug-likeness (QED) is 0.868. The monoisotopic (exact) mass is 314 g/mol. The number of carbonyl (C=O) groups excluding carboxylic acids is 1. The zero-order chi connectivity index (χ0) is 16.4. The van der Waals surface area contributed by atoms with Crippen LogP contribution >= 0.6 is 0 Å². The summed E-state index contributed by atoms with van der Waals surface area (Å²) < 4.78 is 22.1. The number of ketones is 1. The van der Waals surface area contributed by atoms with E-state index in [0.29, 0.717) is 22.8 Å². The molecule has 0 bridgehead atoms. The fraction of sp³-hybridized carbons (Fsp3) is 0.278. The van der Waals surface area contributed by atoms with Gasteiger partial charge in [0.1, 0.15) is 17.2 Å². The van der Waals surface area contributed by atoms with Crippen LogP contribution in [0.15, 0.2) is 42.5 Å². The summed E-state index contributed by atoms with van der Waals surface area (Å²) in [6.45, 7) is 0. The summed E-state index contributed by atoms with van der Waals surface area (Å²) in [5.41, 5.74) is 1.37. The smallest absolute Gasteiger partial charge is 0.211 e. The summed E-state index contributed by atoms with van der Waals surface area (Å²) in [4.78, 5) is 12.8. The Bertz CT molecular complexity index is 711. The van der Waals surface area contributed by atoms with E-state index in [1.807, 2.05) is 30.3 Å². The third kappa shape index (κ3) is 2.64. The van der Waals surface area contributed by atoms with Crippen LogP contribution in [0.1, 0.15) is 23.3 Å². The SMILES string of the molecule is COc1cc(OC)c2c(c1)OC(c1ccccc1)C(=O)C2OC. The van der Waals surface area contributed by atoms with Crippen LogP contribution in [0.25, 0.3) is 0 Å². The minimum Gasteiger partial charge on any atom is -0.496 e. The molecule has 0 N–H and O–H groups in total. The van der Waals surface area contributed by atoms with E-state index in [2.05, 4.69) is 0 Å². The lowest BCUT2D eigenvalue weighted by atomic mass is 9.92. The molecule has 1 aliphatic heterocycles. The summed E-state index contributed by atoms with van der Waals surface area (Å²) in [5, 5.41) is 0. The van der Waals surface area contributed by atoms with Crippen molar-refractivity contribution in [3.8, 4) is 17.2 Å². The molecular formula is C18H18O5. The Morgan fingerprint density at radius 3 is 2.35 bits per heavy atom. The fourth-order valence-corrected chi connectivity index (χ4v) is 2.78. The van der Waals surface area contributed by atoms with Crippen LogP contribution in [0.5, 0.6) is 17.2 Å². The molecule has 0 aliphatic carbocycles. The first kappa shape index (κ1) is 15.4. The van der Waals surface area contributed by atoms with Crippen LogP contribution in [-0.4, -0.2) is 27.1 Å². The third-order valence-electron chi connectivity index (χ3n) is 3.90. The standard InChI is InChI=1S/C18H18O5/c1-20-12-9-13(21-2)15-14(10-12)23-17(16(19)18(15)22-3)11-7-5-4-6-8-11/h4-10,17-18H,1-3H3. The molecule has 0 radical (unpaired) electrons. The molecule has 1 aliphatic rings. The number of rotatable bonds is 4. The Morgan fingerprint density at radius 2 is 1.74 bits per heavy atom. The molecule has 2 aromatic rings. The van der Waals surface area contributed by atoms with Gasteiger partial charge in [-0.05, 0) is 5.56 Å². The van der Waals surface area contributed by atoms with E-state index < -0.39 is 12.2 Å². The van der Waals surface area contributed by atoms with Crippen molar-refractivity contribution in [3.05, 3.63) is 53.6 Å². The highest BCUT2D eigenvalue weighted by Crippen LogP contribution is 2.46. The van der Waals surface area contributed by atoms with Gasteiger partial charge in [0.2, 0.25) is 5.78 Å². The molecule has 2 aromatic carbocycles. The second-order valence-corrected chi connectivity index (χ2v) is 5.17. The van der Waals surface area contributed by atoms with Gasteiger partial charge in [-0.1, -0.05) is 30.3 Å². The third-order valence-corrected chi connectivity index (χ3v) is 3.90. The van der Waals surface area contributed by atoms with Crippen LogP contribution < -0.4 is 14.2 Å². The molecule has 0 spiro atoms. The van der Waals surface area contributed by atoms with Gasteiger partial charge >= 0.3 is 0 Å². The Hall–Kier alpha value is -2.53. The largest absolute Gasteiger partial charge is 0.496 e. The fourth-order valence-electron chi connectivity index (χ4n) is 2.78. The molecular weight excluding hydrogens is 296 g/mol. The second kappa shape index (κ2) is 6.30. The van der Waals surface area contributed by atoms with Crippen molar-refractivity contribution in [2.75, 3.05) is 21.3 Å². The number of methoxy groups -OCH3 is 3. The first-order valence-corrected chi connectivity index (χ1v) is 7.23. The van der Waals surface area contributed by atoms with Gasteiger partial charge in [-0.3, -0.25) is 4.79 Å². The highest BCUT2D eigenvalue weighted by Gasteiger charge is 2.40.